The monoisotopic (exact) mass is 480 g/mol. The van der Waals surface area contributed by atoms with Gasteiger partial charge >= 0.3 is 6.09 Å². The molecule has 0 saturated heterocycles. The van der Waals surface area contributed by atoms with Gasteiger partial charge in [-0.2, -0.15) is 0 Å². The topological polar surface area (TPSA) is 74.8 Å². The van der Waals surface area contributed by atoms with Crippen LogP contribution in [0.3, 0.4) is 0 Å². The van der Waals surface area contributed by atoms with E-state index in [-0.39, 0.29) is 36.1 Å². The molecule has 1 aliphatic carbocycles. The molecule has 1 unspecified atom stereocenters. The van der Waals surface area contributed by atoms with E-state index in [2.05, 4.69) is 20.9 Å². The highest BCUT2D eigenvalue weighted by atomic mass is 127. The predicted octanol–water partition coefficient (Wildman–Crippen LogP) is 3.15. The van der Waals surface area contributed by atoms with Crippen LogP contribution in [0.15, 0.2) is 29.3 Å². The lowest BCUT2D eigenvalue weighted by atomic mass is 10.2. The molecule has 1 aromatic rings. The largest absolute Gasteiger partial charge is 0.450 e. The third kappa shape index (κ3) is 7.68. The molecule has 8 heteroatoms. The average Bonchev–Trinajstić information content (AvgIpc) is 3.40. The van der Waals surface area contributed by atoms with Gasteiger partial charge in [-0.05, 0) is 37.3 Å². The third-order valence-electron chi connectivity index (χ3n) is 3.89. The van der Waals surface area contributed by atoms with Crippen molar-refractivity contribution < 1.29 is 9.53 Å². The summed E-state index contributed by atoms with van der Waals surface area (Å²) >= 11 is 6.15. The highest BCUT2D eigenvalue weighted by molar-refractivity contribution is 14.0. The van der Waals surface area contributed by atoms with Crippen molar-refractivity contribution in [2.75, 3.05) is 20.2 Å². The number of carbonyl (C=O) groups excluding carboxylic acids is 1. The zero-order chi connectivity index (χ0) is 17.4. The van der Waals surface area contributed by atoms with E-state index in [4.69, 9.17) is 16.3 Å². The van der Waals surface area contributed by atoms with Gasteiger partial charge in [-0.1, -0.05) is 29.8 Å². The van der Waals surface area contributed by atoms with E-state index in [1.807, 2.05) is 24.3 Å². The van der Waals surface area contributed by atoms with Crippen LogP contribution in [0.4, 0.5) is 4.79 Å². The van der Waals surface area contributed by atoms with E-state index in [9.17, 15) is 4.79 Å². The molecule has 1 saturated carbocycles. The summed E-state index contributed by atoms with van der Waals surface area (Å²) in [5, 5.41) is 10.1. The molecule has 140 valence electrons. The Hall–Kier alpha value is -1.22. The van der Waals surface area contributed by atoms with Crippen molar-refractivity contribution in [2.24, 2.45) is 10.9 Å². The smallest absolute Gasteiger partial charge is 0.407 e. The Labute approximate surface area is 171 Å². The maximum atomic E-state index is 11.6. The second kappa shape index (κ2) is 11.4. The van der Waals surface area contributed by atoms with Crippen LogP contribution in [0.25, 0.3) is 0 Å². The third-order valence-corrected chi connectivity index (χ3v) is 4.26. The Bertz CT molecular complexity index is 582. The Balaban J connectivity index is 0.00000312. The predicted molar refractivity (Wildman–Crippen MR) is 112 cm³/mol. The summed E-state index contributed by atoms with van der Waals surface area (Å²) in [6, 6.07) is 7.73. The Morgan fingerprint density at radius 3 is 2.68 bits per heavy atom. The standard InChI is InChI=1S/C17H25ClN4O2.HI/c1-3-24-17(23)22-15(12-8-9-12)11-21-16(19-2)20-10-13-6-4-5-7-14(13)18;/h4-7,12,15H,3,8-11H2,1-2H3,(H,22,23)(H2,19,20,21);1H. The average molecular weight is 481 g/mol. The Morgan fingerprint density at radius 2 is 2.08 bits per heavy atom. The quantitative estimate of drug-likeness (QED) is 0.318. The van der Waals surface area contributed by atoms with Crippen LogP contribution in [0.2, 0.25) is 5.02 Å². The fraction of sp³-hybridized carbons (Fsp3) is 0.529. The van der Waals surface area contributed by atoms with Crippen molar-refractivity contribution in [3.8, 4) is 0 Å². The van der Waals surface area contributed by atoms with Crippen LogP contribution in [0.5, 0.6) is 0 Å². The fourth-order valence-electron chi connectivity index (χ4n) is 2.41. The van der Waals surface area contributed by atoms with Crippen LogP contribution < -0.4 is 16.0 Å². The molecule has 1 amide bonds. The number of guanidine groups is 1. The summed E-state index contributed by atoms with van der Waals surface area (Å²) in [4.78, 5) is 15.8. The number of carbonyl (C=O) groups is 1. The summed E-state index contributed by atoms with van der Waals surface area (Å²) in [7, 11) is 1.72. The number of rotatable bonds is 7. The van der Waals surface area contributed by atoms with Gasteiger partial charge < -0.3 is 20.7 Å². The van der Waals surface area contributed by atoms with Gasteiger partial charge in [-0.15, -0.1) is 24.0 Å². The first-order chi connectivity index (χ1) is 11.6. The second-order valence-corrected chi connectivity index (χ2v) is 6.11. The summed E-state index contributed by atoms with van der Waals surface area (Å²) in [5.74, 6) is 1.18. The van der Waals surface area contributed by atoms with Crippen molar-refractivity contribution in [3.05, 3.63) is 34.9 Å². The van der Waals surface area contributed by atoms with E-state index in [1.54, 1.807) is 14.0 Å². The normalized spacial score (nSPS) is 14.9. The number of nitrogens with zero attached hydrogens (tertiary/aromatic N) is 1. The van der Waals surface area contributed by atoms with E-state index in [0.717, 1.165) is 23.4 Å². The molecular weight excluding hydrogens is 455 g/mol. The molecular formula is C17H26ClIN4O2. The molecule has 1 fully saturated rings. The molecule has 1 atom stereocenters. The minimum Gasteiger partial charge on any atom is -0.450 e. The fourth-order valence-corrected chi connectivity index (χ4v) is 2.61. The zero-order valence-electron chi connectivity index (χ0n) is 14.5. The molecule has 25 heavy (non-hydrogen) atoms. The first-order valence-electron chi connectivity index (χ1n) is 8.25. The molecule has 6 nitrogen and oxygen atoms in total. The van der Waals surface area contributed by atoms with Crippen LogP contribution in [-0.4, -0.2) is 38.3 Å². The lowest BCUT2D eigenvalue weighted by Gasteiger charge is -2.20. The van der Waals surface area contributed by atoms with E-state index >= 15 is 0 Å². The van der Waals surface area contributed by atoms with Gasteiger partial charge in [0.1, 0.15) is 0 Å². The van der Waals surface area contributed by atoms with Gasteiger partial charge in [-0.25, -0.2) is 4.79 Å². The lowest BCUT2D eigenvalue weighted by Crippen LogP contribution is -2.48. The van der Waals surface area contributed by atoms with Gasteiger partial charge in [0.05, 0.1) is 12.6 Å². The molecule has 0 bridgehead atoms. The maximum Gasteiger partial charge on any atom is 0.407 e. The number of alkyl carbamates (subject to hydrolysis) is 1. The van der Waals surface area contributed by atoms with E-state index in [0.29, 0.717) is 31.6 Å². The molecule has 3 N–H and O–H groups in total. The van der Waals surface area contributed by atoms with Crippen LogP contribution in [0, 0.1) is 5.92 Å². The number of hydrogen-bond acceptors (Lipinski definition) is 3. The Kier molecular flexibility index (Phi) is 9.96. The summed E-state index contributed by atoms with van der Waals surface area (Å²) < 4.78 is 4.96. The van der Waals surface area contributed by atoms with Crippen molar-refractivity contribution in [3.63, 3.8) is 0 Å². The molecule has 0 heterocycles. The lowest BCUT2D eigenvalue weighted by molar-refractivity contribution is 0.146. The molecule has 0 radical (unpaired) electrons. The number of aliphatic imine (C=N–C) groups is 1. The minimum atomic E-state index is -0.366. The molecule has 0 aromatic heterocycles. The highest BCUT2D eigenvalue weighted by Crippen LogP contribution is 2.32. The molecule has 1 aromatic carbocycles. The summed E-state index contributed by atoms with van der Waals surface area (Å²) in [6.07, 6.45) is 1.89. The van der Waals surface area contributed by atoms with Gasteiger partial charge in [0.2, 0.25) is 0 Å². The van der Waals surface area contributed by atoms with Crippen LogP contribution in [-0.2, 0) is 11.3 Å². The van der Waals surface area contributed by atoms with Crippen molar-refractivity contribution in [2.45, 2.75) is 32.4 Å². The molecule has 0 spiro atoms. The number of halogens is 2. The van der Waals surface area contributed by atoms with Crippen molar-refractivity contribution in [1.82, 2.24) is 16.0 Å². The maximum absolute atomic E-state index is 11.6. The molecule has 1 aliphatic rings. The van der Waals surface area contributed by atoms with E-state index < -0.39 is 0 Å². The second-order valence-electron chi connectivity index (χ2n) is 5.71. The number of hydrogen-bond donors (Lipinski definition) is 3. The van der Waals surface area contributed by atoms with Gasteiger partial charge in [0.15, 0.2) is 5.96 Å². The van der Waals surface area contributed by atoms with Crippen molar-refractivity contribution >= 4 is 47.6 Å². The van der Waals surface area contributed by atoms with Gasteiger partial charge in [-0.3, -0.25) is 4.99 Å². The van der Waals surface area contributed by atoms with Gasteiger partial charge in [0.25, 0.3) is 0 Å². The number of amides is 1. The minimum absolute atomic E-state index is 0. The number of ether oxygens (including phenoxy) is 1. The van der Waals surface area contributed by atoms with Crippen LogP contribution >= 0.6 is 35.6 Å². The van der Waals surface area contributed by atoms with Crippen molar-refractivity contribution in [1.29, 1.82) is 0 Å². The highest BCUT2D eigenvalue weighted by Gasteiger charge is 2.32. The first-order valence-corrected chi connectivity index (χ1v) is 8.63. The molecule has 2 rings (SSSR count). The molecule has 0 aliphatic heterocycles. The number of benzene rings is 1. The summed E-state index contributed by atoms with van der Waals surface area (Å²) in [6.45, 7) is 3.35. The zero-order valence-corrected chi connectivity index (χ0v) is 17.6. The first kappa shape index (κ1) is 21.8. The van der Waals surface area contributed by atoms with Gasteiger partial charge in [0, 0.05) is 25.2 Å². The Morgan fingerprint density at radius 1 is 1.36 bits per heavy atom. The van der Waals surface area contributed by atoms with Crippen LogP contribution in [0.1, 0.15) is 25.3 Å². The SMILES string of the molecule is CCOC(=O)NC(CNC(=NC)NCc1ccccc1Cl)C1CC1.I. The number of nitrogens with one attached hydrogen (secondary N) is 3. The van der Waals surface area contributed by atoms with E-state index in [1.165, 1.54) is 0 Å². The summed E-state index contributed by atoms with van der Waals surface area (Å²) in [5.41, 5.74) is 1.01.